The fraction of sp³-hybridized carbons (Fsp3) is 0.562. The van der Waals surface area contributed by atoms with Crippen LogP contribution in [0.15, 0.2) is 23.2 Å². The predicted octanol–water partition coefficient (Wildman–Crippen LogP) is 2.77. The van der Waals surface area contributed by atoms with E-state index >= 15 is 0 Å². The van der Waals surface area contributed by atoms with Crippen molar-refractivity contribution < 1.29 is 5.11 Å². The van der Waals surface area contributed by atoms with E-state index in [2.05, 4.69) is 38.8 Å². The molecular formula is C16H22NO-. The minimum atomic E-state index is -0.128. The van der Waals surface area contributed by atoms with E-state index in [1.807, 2.05) is 12.1 Å². The van der Waals surface area contributed by atoms with Crippen LogP contribution in [-0.4, -0.2) is 12.9 Å². The summed E-state index contributed by atoms with van der Waals surface area (Å²) < 4.78 is 0. The second-order valence-electron chi connectivity index (χ2n) is 6.56. The highest BCUT2D eigenvalue weighted by Gasteiger charge is 2.36. The molecule has 1 aliphatic carbocycles. The Bertz CT molecular complexity index is 498. The fourth-order valence-electron chi connectivity index (χ4n) is 2.85. The predicted molar refractivity (Wildman–Crippen MR) is 74.2 cm³/mol. The van der Waals surface area contributed by atoms with E-state index in [1.54, 1.807) is 7.05 Å². The van der Waals surface area contributed by atoms with Crippen molar-refractivity contribution in [2.75, 3.05) is 7.05 Å². The molecule has 0 aliphatic heterocycles. The molecule has 98 valence electrons. The third-order valence-electron chi connectivity index (χ3n) is 4.30. The van der Waals surface area contributed by atoms with Gasteiger partial charge in [-0.05, 0) is 46.3 Å². The molecule has 0 saturated heterocycles. The van der Waals surface area contributed by atoms with Crippen molar-refractivity contribution >= 4 is 5.90 Å². The lowest BCUT2D eigenvalue weighted by atomic mass is 9.63. The van der Waals surface area contributed by atoms with Crippen LogP contribution in [0.2, 0.25) is 0 Å². The van der Waals surface area contributed by atoms with E-state index < -0.39 is 0 Å². The van der Waals surface area contributed by atoms with E-state index in [-0.39, 0.29) is 16.7 Å². The topological polar surface area (TPSA) is 35.4 Å². The van der Waals surface area contributed by atoms with Crippen LogP contribution >= 0.6 is 0 Å². The summed E-state index contributed by atoms with van der Waals surface area (Å²) in [6.07, 6.45) is 2.35. The van der Waals surface area contributed by atoms with Crippen molar-refractivity contribution in [3.05, 3.63) is 34.9 Å². The third kappa shape index (κ3) is 2.05. The normalized spacial score (nSPS) is 21.5. The van der Waals surface area contributed by atoms with Crippen molar-refractivity contribution in [3.63, 3.8) is 0 Å². The Morgan fingerprint density at radius 1 is 1.06 bits per heavy atom. The average molecular weight is 244 g/mol. The molecule has 0 radical (unpaired) electrons. The zero-order valence-corrected chi connectivity index (χ0v) is 12.0. The molecular weight excluding hydrogens is 222 g/mol. The Morgan fingerprint density at radius 2 is 1.61 bits per heavy atom. The lowest BCUT2D eigenvalue weighted by molar-refractivity contribution is -0.213. The zero-order valence-electron chi connectivity index (χ0n) is 12.0. The zero-order chi connectivity index (χ0) is 13.6. The first-order chi connectivity index (χ1) is 8.28. The number of rotatable bonds is 1. The molecule has 0 spiro atoms. The molecule has 0 aromatic heterocycles. The van der Waals surface area contributed by atoms with Gasteiger partial charge in [0.2, 0.25) is 0 Å². The van der Waals surface area contributed by atoms with Crippen LogP contribution in [0.3, 0.4) is 0 Å². The summed E-state index contributed by atoms with van der Waals surface area (Å²) in [6.45, 7) is 9.09. The van der Waals surface area contributed by atoms with E-state index in [0.29, 0.717) is 5.56 Å². The van der Waals surface area contributed by atoms with Gasteiger partial charge in [-0.15, -0.1) is 0 Å². The molecule has 0 amide bonds. The largest absolute Gasteiger partial charge is 0.859 e. The second-order valence-corrected chi connectivity index (χ2v) is 6.56. The molecule has 1 aromatic carbocycles. The molecule has 0 heterocycles. The van der Waals surface area contributed by atoms with Gasteiger partial charge in [-0.3, -0.25) is 0 Å². The fourth-order valence-corrected chi connectivity index (χ4v) is 2.85. The standard InChI is InChI=1S/C16H23NO/c1-15(2)8-9-16(3,4)13-10-11(14(18)17-5)6-7-12(13)15/h6-7,10H,8-9H2,1-5H3,(H,17,18)/p-1. The Hall–Kier alpha value is -1.31. The summed E-state index contributed by atoms with van der Waals surface area (Å²) in [7, 11) is 1.55. The molecule has 18 heavy (non-hydrogen) atoms. The van der Waals surface area contributed by atoms with Crippen molar-refractivity contribution in [3.8, 4) is 0 Å². The molecule has 1 aromatic rings. The summed E-state index contributed by atoms with van der Waals surface area (Å²) >= 11 is 0. The number of hydrogen-bond acceptors (Lipinski definition) is 2. The Labute approximate surface area is 110 Å². The van der Waals surface area contributed by atoms with Crippen LogP contribution in [-0.2, 0) is 10.8 Å². The van der Waals surface area contributed by atoms with Gasteiger partial charge in [-0.2, -0.15) is 0 Å². The molecule has 2 nitrogen and oxygen atoms in total. The van der Waals surface area contributed by atoms with Gasteiger partial charge in [0.05, 0.1) is 0 Å². The summed E-state index contributed by atoms with van der Waals surface area (Å²) in [6, 6.07) is 6.08. The number of fused-ring (bicyclic) bond motifs is 1. The number of nitrogens with zero attached hydrogens (tertiary/aromatic N) is 1. The summed E-state index contributed by atoms with van der Waals surface area (Å²) in [5, 5.41) is 11.7. The Kier molecular flexibility index (Phi) is 3.00. The SMILES string of the molecule is CN=C([O-])c1ccc2c(c1)C(C)(C)CCC2(C)C. The van der Waals surface area contributed by atoms with Crippen LogP contribution in [0, 0.1) is 0 Å². The van der Waals surface area contributed by atoms with Crippen LogP contribution in [0.4, 0.5) is 0 Å². The highest BCUT2D eigenvalue weighted by atomic mass is 16.3. The minimum Gasteiger partial charge on any atom is -0.859 e. The lowest BCUT2D eigenvalue weighted by Crippen LogP contribution is -2.34. The van der Waals surface area contributed by atoms with Gasteiger partial charge in [-0.1, -0.05) is 45.9 Å². The van der Waals surface area contributed by atoms with Crippen LogP contribution in [0.25, 0.3) is 0 Å². The average Bonchev–Trinajstić information content (AvgIpc) is 2.34. The van der Waals surface area contributed by atoms with Gasteiger partial charge in [0.15, 0.2) is 0 Å². The molecule has 0 saturated carbocycles. The Morgan fingerprint density at radius 3 is 2.17 bits per heavy atom. The van der Waals surface area contributed by atoms with Gasteiger partial charge in [0, 0.05) is 7.05 Å². The van der Waals surface area contributed by atoms with Gasteiger partial charge >= 0.3 is 0 Å². The van der Waals surface area contributed by atoms with Crippen LogP contribution < -0.4 is 5.11 Å². The third-order valence-corrected chi connectivity index (χ3v) is 4.30. The minimum absolute atomic E-state index is 0.128. The maximum absolute atomic E-state index is 11.7. The highest BCUT2D eigenvalue weighted by molar-refractivity contribution is 5.91. The van der Waals surface area contributed by atoms with E-state index in [4.69, 9.17) is 0 Å². The maximum Gasteiger partial charge on any atom is 0.0270 e. The first-order valence-corrected chi connectivity index (χ1v) is 6.57. The second kappa shape index (κ2) is 4.11. The van der Waals surface area contributed by atoms with Gasteiger partial charge < -0.3 is 10.1 Å². The monoisotopic (exact) mass is 244 g/mol. The molecule has 0 fully saturated rings. The number of benzene rings is 1. The first-order valence-electron chi connectivity index (χ1n) is 6.57. The first kappa shape index (κ1) is 13.1. The molecule has 2 rings (SSSR count). The van der Waals surface area contributed by atoms with E-state index in [9.17, 15) is 5.11 Å². The molecule has 0 bridgehead atoms. The number of aliphatic imine (C=N–C) groups is 1. The molecule has 0 N–H and O–H groups in total. The summed E-state index contributed by atoms with van der Waals surface area (Å²) in [4.78, 5) is 3.75. The van der Waals surface area contributed by atoms with Crippen molar-refractivity contribution in [1.82, 2.24) is 0 Å². The smallest absolute Gasteiger partial charge is 0.0270 e. The Balaban J connectivity index is 2.62. The lowest BCUT2D eigenvalue weighted by Gasteiger charge is -2.42. The summed E-state index contributed by atoms with van der Waals surface area (Å²) in [5.41, 5.74) is 3.76. The summed E-state index contributed by atoms with van der Waals surface area (Å²) in [5.74, 6) is -0.128. The molecule has 2 heteroatoms. The number of hydrogen-bond donors (Lipinski definition) is 0. The highest BCUT2D eigenvalue weighted by Crippen LogP contribution is 2.45. The molecule has 0 unspecified atom stereocenters. The van der Waals surface area contributed by atoms with Crippen LogP contribution in [0.5, 0.6) is 0 Å². The van der Waals surface area contributed by atoms with Gasteiger partial charge in [0.1, 0.15) is 0 Å². The molecule has 0 atom stereocenters. The van der Waals surface area contributed by atoms with Gasteiger partial charge in [-0.25, -0.2) is 0 Å². The van der Waals surface area contributed by atoms with Crippen molar-refractivity contribution in [2.24, 2.45) is 4.99 Å². The quantitative estimate of drug-likeness (QED) is 0.552. The van der Waals surface area contributed by atoms with Crippen molar-refractivity contribution in [2.45, 2.75) is 51.4 Å². The van der Waals surface area contributed by atoms with Gasteiger partial charge in [0.25, 0.3) is 0 Å². The van der Waals surface area contributed by atoms with Crippen LogP contribution in [0.1, 0.15) is 57.2 Å². The van der Waals surface area contributed by atoms with E-state index in [0.717, 1.165) is 6.42 Å². The van der Waals surface area contributed by atoms with E-state index in [1.165, 1.54) is 17.5 Å². The maximum atomic E-state index is 11.7. The van der Waals surface area contributed by atoms with Crippen molar-refractivity contribution in [1.29, 1.82) is 0 Å². The molecule has 1 aliphatic rings.